The number of carbonyl (C=O) groups excluding carboxylic acids is 1. The van der Waals surface area contributed by atoms with Crippen molar-refractivity contribution >= 4 is 38.2 Å². The highest BCUT2D eigenvalue weighted by atomic mass is 32.2. The maximum atomic E-state index is 13.6. The molecular formula is C30H32N4O6S. The van der Waals surface area contributed by atoms with Gasteiger partial charge in [-0.1, -0.05) is 12.1 Å². The number of ether oxygens (including phenoxy) is 2. The van der Waals surface area contributed by atoms with Crippen molar-refractivity contribution in [2.75, 3.05) is 56.1 Å². The lowest BCUT2D eigenvalue weighted by molar-refractivity contribution is 0.0745. The molecule has 0 aliphatic carbocycles. The Bertz CT molecular complexity index is 1730. The van der Waals surface area contributed by atoms with Gasteiger partial charge >= 0.3 is 0 Å². The highest BCUT2D eigenvalue weighted by Gasteiger charge is 2.27. The molecule has 1 aliphatic rings. The van der Waals surface area contributed by atoms with Crippen molar-refractivity contribution in [3.63, 3.8) is 0 Å². The highest BCUT2D eigenvalue weighted by molar-refractivity contribution is 7.92. The zero-order chi connectivity index (χ0) is 29.1. The molecule has 10 nitrogen and oxygen atoms in total. The Morgan fingerprint density at radius 1 is 1.00 bits per heavy atom. The minimum atomic E-state index is -4.04. The molecule has 1 aliphatic heterocycles. The van der Waals surface area contributed by atoms with Crippen LogP contribution in [0.3, 0.4) is 0 Å². The number of sulfonamides is 1. The number of hydrogen-bond donors (Lipinski definition) is 1. The van der Waals surface area contributed by atoms with E-state index in [-0.39, 0.29) is 15.8 Å². The number of aromatic nitrogens is 1. The quantitative estimate of drug-likeness (QED) is 0.340. The van der Waals surface area contributed by atoms with Gasteiger partial charge in [0.15, 0.2) is 0 Å². The number of rotatable bonds is 8. The fraction of sp³-hybridized carbons (Fsp3) is 0.267. The van der Waals surface area contributed by atoms with E-state index in [1.807, 2.05) is 31.2 Å². The van der Waals surface area contributed by atoms with E-state index in [4.69, 9.17) is 9.47 Å². The molecule has 0 unspecified atom stereocenters. The van der Waals surface area contributed by atoms with Crippen molar-refractivity contribution in [2.45, 2.75) is 11.8 Å². The summed E-state index contributed by atoms with van der Waals surface area (Å²) in [6.45, 7) is 4.31. The Morgan fingerprint density at radius 2 is 1.71 bits per heavy atom. The number of hydrogen-bond acceptors (Lipinski definition) is 7. The van der Waals surface area contributed by atoms with E-state index in [1.165, 1.54) is 31.4 Å². The van der Waals surface area contributed by atoms with E-state index in [2.05, 4.69) is 9.88 Å². The number of amides is 1. The second-order valence-corrected chi connectivity index (χ2v) is 11.6. The molecule has 1 N–H and O–H groups in total. The highest BCUT2D eigenvalue weighted by Crippen LogP contribution is 2.31. The number of anilines is 2. The topological polar surface area (TPSA) is 112 Å². The Hall–Kier alpha value is -4.51. The first-order chi connectivity index (χ1) is 19.7. The van der Waals surface area contributed by atoms with Gasteiger partial charge in [-0.25, -0.2) is 8.42 Å². The molecule has 3 aromatic carbocycles. The van der Waals surface area contributed by atoms with Gasteiger partial charge in [-0.3, -0.25) is 13.9 Å². The van der Waals surface area contributed by atoms with Crippen LogP contribution in [0.5, 0.6) is 11.5 Å². The van der Waals surface area contributed by atoms with Crippen molar-refractivity contribution in [1.82, 2.24) is 9.88 Å². The van der Waals surface area contributed by atoms with Crippen molar-refractivity contribution in [2.24, 2.45) is 0 Å². The summed E-state index contributed by atoms with van der Waals surface area (Å²) in [7, 11) is -0.982. The standard InChI is InChI=1S/C30H32N4O6S/c1-4-40-28-8-6-5-7-27(28)32(2)41(37,38)23-13-14-26-24(19-23)29(35)25(20-31-26)30(36)34-17-15-33(16-18-34)21-9-11-22(39-3)12-10-21/h5-14,19-20H,4,15-18H2,1-3H3,(H,31,35). The van der Waals surface area contributed by atoms with Gasteiger partial charge in [0.25, 0.3) is 15.9 Å². The number of nitrogens with zero attached hydrogens (tertiary/aromatic N) is 3. The first kappa shape index (κ1) is 28.0. The Kier molecular flexibility index (Phi) is 7.89. The third-order valence-electron chi connectivity index (χ3n) is 7.25. The summed E-state index contributed by atoms with van der Waals surface area (Å²) in [4.78, 5) is 33.6. The van der Waals surface area contributed by atoms with Gasteiger partial charge in [0.05, 0.1) is 24.3 Å². The fourth-order valence-electron chi connectivity index (χ4n) is 4.93. The number of carbonyl (C=O) groups is 1. The van der Waals surface area contributed by atoms with Crippen LogP contribution in [0.15, 0.2) is 82.6 Å². The molecule has 4 aromatic rings. The minimum Gasteiger partial charge on any atom is -0.497 e. The summed E-state index contributed by atoms with van der Waals surface area (Å²) in [5, 5.41) is 0.125. The van der Waals surface area contributed by atoms with Crippen LogP contribution in [0.25, 0.3) is 10.9 Å². The van der Waals surface area contributed by atoms with Crippen LogP contribution < -0.4 is 24.1 Å². The molecule has 1 aromatic heterocycles. The SMILES string of the molecule is CCOc1ccccc1N(C)S(=O)(=O)c1ccc2[nH]cc(C(=O)N3CCN(c4ccc(OC)cc4)CC3)c(=O)c2c1. The van der Waals surface area contributed by atoms with Gasteiger partial charge in [0.2, 0.25) is 5.43 Å². The summed E-state index contributed by atoms with van der Waals surface area (Å²) in [6, 6.07) is 18.9. The maximum absolute atomic E-state index is 13.6. The Balaban J connectivity index is 1.38. The number of piperazine rings is 1. The van der Waals surface area contributed by atoms with E-state index in [0.29, 0.717) is 49.7 Å². The molecule has 0 spiro atoms. The van der Waals surface area contributed by atoms with Crippen LogP contribution in [-0.4, -0.2) is 71.2 Å². The van der Waals surface area contributed by atoms with Gasteiger partial charge in [-0.2, -0.15) is 0 Å². The number of aromatic amines is 1. The largest absolute Gasteiger partial charge is 0.497 e. The zero-order valence-corrected chi connectivity index (χ0v) is 24.0. The summed E-state index contributed by atoms with van der Waals surface area (Å²) in [6.07, 6.45) is 1.40. The molecule has 0 bridgehead atoms. The molecule has 11 heteroatoms. The Labute approximate surface area is 238 Å². The summed E-state index contributed by atoms with van der Waals surface area (Å²) >= 11 is 0. The molecule has 5 rings (SSSR count). The lowest BCUT2D eigenvalue weighted by Gasteiger charge is -2.36. The number of para-hydroxylation sites is 2. The molecule has 0 radical (unpaired) electrons. The number of nitrogens with one attached hydrogen (secondary N) is 1. The monoisotopic (exact) mass is 576 g/mol. The van der Waals surface area contributed by atoms with E-state index >= 15 is 0 Å². The van der Waals surface area contributed by atoms with Crippen LogP contribution in [0.1, 0.15) is 17.3 Å². The van der Waals surface area contributed by atoms with Crippen LogP contribution in [-0.2, 0) is 10.0 Å². The second-order valence-electron chi connectivity index (χ2n) is 9.59. The van der Waals surface area contributed by atoms with Gasteiger partial charge in [0.1, 0.15) is 17.1 Å². The number of pyridine rings is 1. The number of methoxy groups -OCH3 is 1. The first-order valence-corrected chi connectivity index (χ1v) is 14.7. The van der Waals surface area contributed by atoms with Crippen molar-refractivity contribution in [3.8, 4) is 11.5 Å². The van der Waals surface area contributed by atoms with E-state index in [1.54, 1.807) is 36.3 Å². The molecule has 1 fully saturated rings. The molecule has 214 valence electrons. The van der Waals surface area contributed by atoms with Gasteiger partial charge in [-0.15, -0.1) is 0 Å². The molecule has 1 amide bonds. The van der Waals surface area contributed by atoms with Crippen molar-refractivity contribution in [1.29, 1.82) is 0 Å². The maximum Gasteiger partial charge on any atom is 0.264 e. The molecule has 0 saturated carbocycles. The van der Waals surface area contributed by atoms with Crippen LogP contribution in [0.2, 0.25) is 0 Å². The number of H-pyrrole nitrogens is 1. The van der Waals surface area contributed by atoms with Crippen LogP contribution in [0.4, 0.5) is 11.4 Å². The zero-order valence-electron chi connectivity index (χ0n) is 23.2. The van der Waals surface area contributed by atoms with Crippen molar-refractivity contribution in [3.05, 3.63) is 88.7 Å². The normalized spacial score (nSPS) is 13.7. The van der Waals surface area contributed by atoms with Gasteiger partial charge in [0, 0.05) is 56.0 Å². The fourth-order valence-corrected chi connectivity index (χ4v) is 6.16. The molecule has 41 heavy (non-hydrogen) atoms. The average Bonchev–Trinajstić information content (AvgIpc) is 3.01. The smallest absolute Gasteiger partial charge is 0.264 e. The first-order valence-electron chi connectivity index (χ1n) is 13.3. The van der Waals surface area contributed by atoms with Gasteiger partial charge < -0.3 is 24.3 Å². The van der Waals surface area contributed by atoms with E-state index in [9.17, 15) is 18.0 Å². The summed E-state index contributed by atoms with van der Waals surface area (Å²) in [5.74, 6) is 0.814. The molecule has 2 heterocycles. The third kappa shape index (κ3) is 5.45. The third-order valence-corrected chi connectivity index (χ3v) is 9.02. The lowest BCUT2D eigenvalue weighted by Crippen LogP contribution is -2.49. The predicted octanol–water partition coefficient (Wildman–Crippen LogP) is 3.72. The molecular weight excluding hydrogens is 544 g/mol. The number of fused-ring (bicyclic) bond motifs is 1. The number of benzene rings is 3. The van der Waals surface area contributed by atoms with E-state index < -0.39 is 21.4 Å². The minimum absolute atomic E-state index is 0.0278. The van der Waals surface area contributed by atoms with Crippen molar-refractivity contribution < 1.29 is 22.7 Å². The molecule has 1 saturated heterocycles. The average molecular weight is 577 g/mol. The van der Waals surface area contributed by atoms with E-state index in [0.717, 1.165) is 15.7 Å². The molecule has 0 atom stereocenters. The van der Waals surface area contributed by atoms with Crippen LogP contribution in [0, 0.1) is 0 Å². The Morgan fingerprint density at radius 3 is 2.39 bits per heavy atom. The lowest BCUT2D eigenvalue weighted by atomic mass is 10.1. The van der Waals surface area contributed by atoms with Gasteiger partial charge in [-0.05, 0) is 61.5 Å². The summed E-state index contributed by atoms with van der Waals surface area (Å²) < 4.78 is 39.1. The summed E-state index contributed by atoms with van der Waals surface area (Å²) in [5.41, 5.74) is 1.30. The second kappa shape index (κ2) is 11.5. The van der Waals surface area contributed by atoms with Crippen LogP contribution >= 0.6 is 0 Å². The predicted molar refractivity (Wildman–Crippen MR) is 159 cm³/mol.